The van der Waals surface area contributed by atoms with Crippen molar-refractivity contribution in [1.29, 1.82) is 0 Å². The summed E-state index contributed by atoms with van der Waals surface area (Å²) >= 11 is 0. The van der Waals surface area contributed by atoms with Crippen LogP contribution in [0, 0.1) is 5.92 Å². The number of alkyl carbamates (subject to hydrolysis) is 1. The van der Waals surface area contributed by atoms with E-state index in [4.69, 9.17) is 4.74 Å². The number of rotatable bonds is 7. The van der Waals surface area contributed by atoms with Gasteiger partial charge in [-0.1, -0.05) is 0 Å². The van der Waals surface area contributed by atoms with Crippen LogP contribution < -0.4 is 16.0 Å². The fourth-order valence-electron chi connectivity index (χ4n) is 3.06. The first kappa shape index (κ1) is 19.8. The molecule has 0 aromatic heterocycles. The highest BCUT2D eigenvalue weighted by molar-refractivity contribution is 5.79. The molecule has 1 saturated carbocycles. The summed E-state index contributed by atoms with van der Waals surface area (Å²) < 4.78 is 5.20. The van der Waals surface area contributed by atoms with Crippen LogP contribution in [0.1, 0.15) is 46.5 Å². The molecule has 2 fully saturated rings. The number of aliphatic imine (C=N–C) groups is 1. The van der Waals surface area contributed by atoms with Crippen molar-refractivity contribution in [2.45, 2.75) is 58.1 Å². The minimum Gasteiger partial charge on any atom is -0.444 e. The summed E-state index contributed by atoms with van der Waals surface area (Å²) in [5.74, 6) is 1.55. The highest BCUT2D eigenvalue weighted by Gasteiger charge is 2.34. The molecule has 1 aliphatic carbocycles. The van der Waals surface area contributed by atoms with Gasteiger partial charge in [0.05, 0.1) is 0 Å². The van der Waals surface area contributed by atoms with Crippen molar-refractivity contribution in [3.63, 3.8) is 0 Å². The molecular weight excluding hydrogens is 318 g/mol. The third-order valence-electron chi connectivity index (χ3n) is 4.48. The molecule has 0 aromatic carbocycles. The summed E-state index contributed by atoms with van der Waals surface area (Å²) in [7, 11) is 1.79. The average molecular weight is 354 g/mol. The number of amides is 1. The van der Waals surface area contributed by atoms with E-state index in [1.807, 2.05) is 20.8 Å². The Labute approximate surface area is 152 Å². The number of hydrogen-bond acceptors (Lipinski definition) is 4. The van der Waals surface area contributed by atoms with Crippen LogP contribution in [0.15, 0.2) is 4.99 Å². The molecule has 0 aromatic rings. The Balaban J connectivity index is 1.51. The fourth-order valence-corrected chi connectivity index (χ4v) is 3.06. The normalized spacial score (nSPS) is 21.9. The van der Waals surface area contributed by atoms with E-state index in [1.54, 1.807) is 7.05 Å². The zero-order valence-corrected chi connectivity index (χ0v) is 16.2. The Hall–Kier alpha value is -1.50. The van der Waals surface area contributed by atoms with Crippen LogP contribution in [0.25, 0.3) is 0 Å². The van der Waals surface area contributed by atoms with Crippen LogP contribution >= 0.6 is 0 Å². The molecule has 1 heterocycles. The molecule has 0 spiro atoms. The molecule has 25 heavy (non-hydrogen) atoms. The van der Waals surface area contributed by atoms with Crippen LogP contribution in [0.2, 0.25) is 0 Å². The summed E-state index contributed by atoms with van der Waals surface area (Å²) in [6, 6.07) is 0.875. The number of likely N-dealkylation sites (tertiary alicyclic amines) is 1. The molecule has 1 saturated heterocycles. The van der Waals surface area contributed by atoms with Gasteiger partial charge in [-0.15, -0.1) is 0 Å². The Morgan fingerprint density at radius 3 is 2.52 bits per heavy atom. The number of ether oxygens (including phenoxy) is 1. The summed E-state index contributed by atoms with van der Waals surface area (Å²) in [4.78, 5) is 18.4. The van der Waals surface area contributed by atoms with Gasteiger partial charge in [-0.3, -0.25) is 4.99 Å². The molecule has 1 amide bonds. The molecule has 144 valence electrons. The van der Waals surface area contributed by atoms with E-state index in [0.29, 0.717) is 12.5 Å². The highest BCUT2D eigenvalue weighted by Crippen LogP contribution is 2.31. The van der Waals surface area contributed by atoms with E-state index in [-0.39, 0.29) is 6.09 Å². The molecular formula is C18H35N5O2. The lowest BCUT2D eigenvalue weighted by Crippen LogP contribution is -2.41. The minimum atomic E-state index is -0.455. The molecule has 0 bridgehead atoms. The van der Waals surface area contributed by atoms with Gasteiger partial charge in [0.15, 0.2) is 5.96 Å². The summed E-state index contributed by atoms with van der Waals surface area (Å²) in [6.45, 7) is 10.4. The first-order valence-corrected chi connectivity index (χ1v) is 9.53. The average Bonchev–Trinajstić information content (AvgIpc) is 3.27. The lowest BCUT2D eigenvalue weighted by Gasteiger charge is -2.19. The third-order valence-corrected chi connectivity index (χ3v) is 4.48. The second kappa shape index (κ2) is 9.27. The molecule has 7 nitrogen and oxygen atoms in total. The minimum absolute atomic E-state index is 0.364. The smallest absolute Gasteiger partial charge is 0.407 e. The number of carbonyl (C=O) groups is 1. The first-order valence-electron chi connectivity index (χ1n) is 9.53. The predicted molar refractivity (Wildman–Crippen MR) is 101 cm³/mol. The SMILES string of the molecule is CN=C(NCCCNC(=O)OC(C)(C)C)NCC1CCN(C2CC2)C1. The second-order valence-corrected chi connectivity index (χ2v) is 8.04. The maximum absolute atomic E-state index is 11.5. The van der Waals surface area contributed by atoms with Gasteiger partial charge in [0, 0.05) is 39.3 Å². The van der Waals surface area contributed by atoms with E-state index in [1.165, 1.54) is 32.4 Å². The van der Waals surface area contributed by atoms with Crippen molar-refractivity contribution in [3.8, 4) is 0 Å². The van der Waals surface area contributed by atoms with Gasteiger partial charge >= 0.3 is 6.09 Å². The van der Waals surface area contributed by atoms with Crippen molar-refractivity contribution in [2.24, 2.45) is 10.9 Å². The van der Waals surface area contributed by atoms with Crippen LogP contribution in [0.5, 0.6) is 0 Å². The van der Waals surface area contributed by atoms with E-state index < -0.39 is 5.60 Å². The molecule has 0 radical (unpaired) electrons. The number of carbonyl (C=O) groups excluding carboxylic acids is 1. The van der Waals surface area contributed by atoms with Crippen molar-refractivity contribution in [2.75, 3.05) is 39.8 Å². The number of nitrogens with zero attached hydrogens (tertiary/aromatic N) is 2. The lowest BCUT2D eigenvalue weighted by atomic mass is 10.1. The zero-order valence-electron chi connectivity index (χ0n) is 16.2. The van der Waals surface area contributed by atoms with Crippen molar-refractivity contribution in [1.82, 2.24) is 20.9 Å². The van der Waals surface area contributed by atoms with Crippen molar-refractivity contribution >= 4 is 12.1 Å². The molecule has 1 atom stereocenters. The Bertz CT molecular complexity index is 457. The van der Waals surface area contributed by atoms with Crippen LogP contribution in [0.4, 0.5) is 4.79 Å². The van der Waals surface area contributed by atoms with E-state index in [0.717, 1.165) is 31.5 Å². The molecule has 2 aliphatic rings. The Morgan fingerprint density at radius 2 is 1.88 bits per heavy atom. The number of guanidine groups is 1. The molecule has 1 unspecified atom stereocenters. The summed E-state index contributed by atoms with van der Waals surface area (Å²) in [5.41, 5.74) is -0.455. The van der Waals surface area contributed by atoms with Gasteiger partial charge in [0.1, 0.15) is 5.60 Å². The van der Waals surface area contributed by atoms with Gasteiger partial charge in [0.25, 0.3) is 0 Å². The van der Waals surface area contributed by atoms with Gasteiger partial charge < -0.3 is 25.6 Å². The number of hydrogen-bond donors (Lipinski definition) is 3. The van der Waals surface area contributed by atoms with Crippen molar-refractivity contribution < 1.29 is 9.53 Å². The predicted octanol–water partition coefficient (Wildman–Crippen LogP) is 1.55. The van der Waals surface area contributed by atoms with E-state index >= 15 is 0 Å². The third kappa shape index (κ3) is 7.94. The highest BCUT2D eigenvalue weighted by atomic mass is 16.6. The second-order valence-electron chi connectivity index (χ2n) is 8.04. The van der Waals surface area contributed by atoms with Gasteiger partial charge in [-0.25, -0.2) is 4.79 Å². The Kier molecular flexibility index (Phi) is 7.35. The maximum Gasteiger partial charge on any atom is 0.407 e. The molecule has 1 aliphatic heterocycles. The standard InChI is InChI=1S/C18H35N5O2/c1-18(2,3)25-17(24)21-10-5-9-20-16(19-4)22-12-14-8-11-23(13-14)15-6-7-15/h14-15H,5-13H2,1-4H3,(H,21,24)(H2,19,20,22). The monoisotopic (exact) mass is 353 g/mol. The number of nitrogens with one attached hydrogen (secondary N) is 3. The fraction of sp³-hybridized carbons (Fsp3) is 0.889. The quantitative estimate of drug-likeness (QED) is 0.368. The van der Waals surface area contributed by atoms with Crippen LogP contribution in [-0.2, 0) is 4.74 Å². The van der Waals surface area contributed by atoms with E-state index in [2.05, 4.69) is 25.8 Å². The Morgan fingerprint density at radius 1 is 1.16 bits per heavy atom. The molecule has 7 heteroatoms. The van der Waals surface area contributed by atoms with Gasteiger partial charge in [0.2, 0.25) is 0 Å². The van der Waals surface area contributed by atoms with Gasteiger partial charge in [-0.05, 0) is 58.9 Å². The van der Waals surface area contributed by atoms with E-state index in [9.17, 15) is 4.79 Å². The first-order chi connectivity index (χ1) is 11.9. The molecule has 3 N–H and O–H groups in total. The lowest BCUT2D eigenvalue weighted by molar-refractivity contribution is 0.0527. The van der Waals surface area contributed by atoms with Crippen LogP contribution in [-0.4, -0.2) is 68.4 Å². The largest absolute Gasteiger partial charge is 0.444 e. The summed E-state index contributed by atoms with van der Waals surface area (Å²) in [5, 5.41) is 9.48. The topological polar surface area (TPSA) is 78.0 Å². The zero-order chi connectivity index (χ0) is 18.3. The summed E-state index contributed by atoms with van der Waals surface area (Å²) in [6.07, 6.45) is 4.51. The van der Waals surface area contributed by atoms with Crippen LogP contribution in [0.3, 0.4) is 0 Å². The van der Waals surface area contributed by atoms with Gasteiger partial charge in [-0.2, -0.15) is 0 Å². The maximum atomic E-state index is 11.5. The molecule has 2 rings (SSSR count). The van der Waals surface area contributed by atoms with Crippen molar-refractivity contribution in [3.05, 3.63) is 0 Å².